The first-order valence-corrected chi connectivity index (χ1v) is 9.49. The zero-order chi connectivity index (χ0) is 16.6. The van der Waals surface area contributed by atoms with Gasteiger partial charge in [-0.15, -0.1) is 0 Å². The molecular weight excluding hydrogens is 316 g/mol. The van der Waals surface area contributed by atoms with Gasteiger partial charge in [-0.2, -0.15) is 5.10 Å². The van der Waals surface area contributed by atoms with Crippen molar-refractivity contribution in [3.8, 4) is 0 Å². The molecule has 126 valence electrons. The molecule has 0 saturated heterocycles. The molecule has 2 heterocycles. The normalized spacial score (nSPS) is 11.0. The number of nitrogens with zero attached hydrogens (tertiary/aromatic N) is 3. The van der Waals surface area contributed by atoms with Gasteiger partial charge >= 0.3 is 0 Å². The molecule has 1 N–H and O–H groups in total. The Hall–Kier alpha value is -2.01. The van der Waals surface area contributed by atoms with Crippen molar-refractivity contribution in [1.29, 1.82) is 0 Å². The standard InChI is InChI=1S/C19H24N4S/c1-16-18(15-17-9-4-2-5-10-17)22-19(21-16)24-14-7-3-6-12-23-13-8-11-20-23/h2,4-5,8-11,13H,3,6-7,12,14-15H2,1H3,(H,21,22). The Kier molecular flexibility index (Phi) is 6.13. The van der Waals surface area contributed by atoms with Crippen LogP contribution in [0.1, 0.15) is 36.2 Å². The van der Waals surface area contributed by atoms with Crippen molar-refractivity contribution in [3.63, 3.8) is 0 Å². The molecule has 0 saturated carbocycles. The number of hydrogen-bond acceptors (Lipinski definition) is 3. The Labute approximate surface area is 147 Å². The van der Waals surface area contributed by atoms with Crippen LogP contribution in [0.15, 0.2) is 53.9 Å². The molecule has 24 heavy (non-hydrogen) atoms. The summed E-state index contributed by atoms with van der Waals surface area (Å²) in [5.74, 6) is 1.11. The summed E-state index contributed by atoms with van der Waals surface area (Å²) in [7, 11) is 0. The summed E-state index contributed by atoms with van der Waals surface area (Å²) in [6, 6.07) is 12.5. The third-order valence-electron chi connectivity index (χ3n) is 4.01. The van der Waals surface area contributed by atoms with Gasteiger partial charge in [0.2, 0.25) is 0 Å². The molecule has 1 aromatic carbocycles. The summed E-state index contributed by atoms with van der Waals surface area (Å²) in [5, 5.41) is 5.27. The number of thioether (sulfide) groups is 1. The van der Waals surface area contributed by atoms with Gasteiger partial charge in [0, 0.05) is 36.8 Å². The largest absolute Gasteiger partial charge is 0.337 e. The van der Waals surface area contributed by atoms with Gasteiger partial charge in [0.05, 0.1) is 5.69 Å². The third kappa shape index (κ3) is 4.99. The molecule has 0 atom stereocenters. The minimum atomic E-state index is 0.896. The predicted molar refractivity (Wildman–Crippen MR) is 99.4 cm³/mol. The zero-order valence-electron chi connectivity index (χ0n) is 14.1. The van der Waals surface area contributed by atoms with Crippen molar-refractivity contribution in [2.45, 2.75) is 44.3 Å². The lowest BCUT2D eigenvalue weighted by atomic mass is 10.1. The summed E-state index contributed by atoms with van der Waals surface area (Å²) in [6.07, 6.45) is 8.37. The van der Waals surface area contributed by atoms with E-state index in [1.165, 1.54) is 30.5 Å². The lowest BCUT2D eigenvalue weighted by molar-refractivity contribution is 0.554. The molecule has 2 aromatic heterocycles. The smallest absolute Gasteiger partial charge is 0.165 e. The molecule has 0 spiro atoms. The number of hydrogen-bond donors (Lipinski definition) is 1. The summed E-state index contributed by atoms with van der Waals surface area (Å²) in [6.45, 7) is 3.12. The second-order valence-corrected chi connectivity index (χ2v) is 7.04. The average molecular weight is 340 g/mol. The fraction of sp³-hybridized carbons (Fsp3) is 0.368. The van der Waals surface area contributed by atoms with E-state index < -0.39 is 0 Å². The lowest BCUT2D eigenvalue weighted by Gasteiger charge is -2.01. The van der Waals surface area contributed by atoms with Crippen LogP contribution in [0, 0.1) is 6.92 Å². The number of aromatic nitrogens is 4. The van der Waals surface area contributed by atoms with E-state index in [0.717, 1.165) is 29.6 Å². The van der Waals surface area contributed by atoms with Crippen molar-refractivity contribution >= 4 is 11.8 Å². The van der Waals surface area contributed by atoms with E-state index in [4.69, 9.17) is 4.98 Å². The molecular formula is C19H24N4S. The molecule has 3 rings (SSSR count). The molecule has 0 unspecified atom stereocenters. The van der Waals surface area contributed by atoms with Crippen LogP contribution in [0.2, 0.25) is 0 Å². The Balaban J connectivity index is 1.39. The van der Waals surface area contributed by atoms with E-state index >= 15 is 0 Å². The summed E-state index contributed by atoms with van der Waals surface area (Å²) >= 11 is 1.82. The zero-order valence-corrected chi connectivity index (χ0v) is 14.9. The number of unbranched alkanes of at least 4 members (excludes halogenated alkanes) is 2. The van der Waals surface area contributed by atoms with Crippen molar-refractivity contribution < 1.29 is 0 Å². The van der Waals surface area contributed by atoms with Gasteiger partial charge in [0.15, 0.2) is 5.16 Å². The van der Waals surface area contributed by atoms with Gasteiger partial charge in [-0.25, -0.2) is 4.98 Å². The Morgan fingerprint density at radius 3 is 2.75 bits per heavy atom. The van der Waals surface area contributed by atoms with E-state index in [2.05, 4.69) is 47.3 Å². The quantitative estimate of drug-likeness (QED) is 0.462. The van der Waals surface area contributed by atoms with Crippen LogP contribution < -0.4 is 0 Å². The first-order chi connectivity index (χ1) is 11.8. The van der Waals surface area contributed by atoms with Gasteiger partial charge in [-0.3, -0.25) is 4.68 Å². The molecule has 3 aromatic rings. The van der Waals surface area contributed by atoms with Crippen LogP contribution in [-0.4, -0.2) is 25.5 Å². The molecule has 0 aliphatic carbocycles. The van der Waals surface area contributed by atoms with Gasteiger partial charge < -0.3 is 4.98 Å². The summed E-state index contributed by atoms with van der Waals surface area (Å²) < 4.78 is 2.00. The average Bonchev–Trinajstić information content (AvgIpc) is 3.22. The van der Waals surface area contributed by atoms with E-state index in [9.17, 15) is 0 Å². The fourth-order valence-electron chi connectivity index (χ4n) is 2.65. The molecule has 0 aliphatic heterocycles. The topological polar surface area (TPSA) is 46.5 Å². The van der Waals surface area contributed by atoms with Gasteiger partial charge in [-0.05, 0) is 31.4 Å². The van der Waals surface area contributed by atoms with E-state index in [-0.39, 0.29) is 0 Å². The van der Waals surface area contributed by atoms with Crippen LogP contribution >= 0.6 is 11.8 Å². The minimum absolute atomic E-state index is 0.896. The summed E-state index contributed by atoms with van der Waals surface area (Å²) in [4.78, 5) is 8.17. The second-order valence-electron chi connectivity index (χ2n) is 5.95. The SMILES string of the molecule is Cc1[nH]c(SCCCCCn2cccn2)nc1Cc1ccccc1. The third-order valence-corrected chi connectivity index (χ3v) is 4.97. The highest BCUT2D eigenvalue weighted by Crippen LogP contribution is 2.20. The monoisotopic (exact) mass is 340 g/mol. The number of rotatable bonds is 9. The van der Waals surface area contributed by atoms with E-state index in [0.29, 0.717) is 0 Å². The highest BCUT2D eigenvalue weighted by molar-refractivity contribution is 7.99. The molecule has 5 heteroatoms. The number of benzene rings is 1. The number of imidazole rings is 1. The Morgan fingerprint density at radius 1 is 1.08 bits per heavy atom. The van der Waals surface area contributed by atoms with Crippen LogP contribution in [0.3, 0.4) is 0 Å². The Morgan fingerprint density at radius 2 is 1.96 bits per heavy atom. The summed E-state index contributed by atoms with van der Waals surface area (Å²) in [5.41, 5.74) is 3.64. The van der Waals surface area contributed by atoms with Crippen molar-refractivity contribution in [1.82, 2.24) is 19.7 Å². The van der Waals surface area contributed by atoms with Crippen LogP contribution in [0.5, 0.6) is 0 Å². The fourth-order valence-corrected chi connectivity index (χ4v) is 3.59. The highest BCUT2D eigenvalue weighted by Gasteiger charge is 2.07. The molecule has 0 radical (unpaired) electrons. The maximum absolute atomic E-state index is 4.76. The van der Waals surface area contributed by atoms with Crippen molar-refractivity contribution in [2.24, 2.45) is 0 Å². The molecule has 0 aliphatic rings. The van der Waals surface area contributed by atoms with Crippen LogP contribution in [-0.2, 0) is 13.0 Å². The maximum atomic E-state index is 4.76. The van der Waals surface area contributed by atoms with Crippen LogP contribution in [0.25, 0.3) is 0 Å². The van der Waals surface area contributed by atoms with Gasteiger partial charge in [0.1, 0.15) is 0 Å². The van der Waals surface area contributed by atoms with Crippen LogP contribution in [0.4, 0.5) is 0 Å². The predicted octanol–water partition coefficient (Wildman–Crippen LogP) is 4.47. The second kappa shape index (κ2) is 8.73. The number of H-pyrrole nitrogens is 1. The molecule has 0 bridgehead atoms. The van der Waals surface area contributed by atoms with Crippen molar-refractivity contribution in [2.75, 3.05) is 5.75 Å². The number of aryl methyl sites for hydroxylation is 2. The van der Waals surface area contributed by atoms with Crippen molar-refractivity contribution in [3.05, 3.63) is 65.7 Å². The first kappa shape index (κ1) is 16.8. The number of aromatic amines is 1. The molecule has 4 nitrogen and oxygen atoms in total. The highest BCUT2D eigenvalue weighted by atomic mass is 32.2. The van der Waals surface area contributed by atoms with Gasteiger partial charge in [-0.1, -0.05) is 48.5 Å². The molecule has 0 fully saturated rings. The maximum Gasteiger partial charge on any atom is 0.165 e. The minimum Gasteiger partial charge on any atom is -0.337 e. The number of nitrogens with one attached hydrogen (secondary N) is 1. The van der Waals surface area contributed by atoms with E-state index in [1.54, 1.807) is 0 Å². The van der Waals surface area contributed by atoms with E-state index in [1.807, 2.05) is 34.9 Å². The Bertz CT molecular complexity index is 719. The molecule has 0 amide bonds. The first-order valence-electron chi connectivity index (χ1n) is 8.51. The lowest BCUT2D eigenvalue weighted by Crippen LogP contribution is -1.98. The van der Waals surface area contributed by atoms with Gasteiger partial charge in [0.25, 0.3) is 0 Å².